The maximum atomic E-state index is 13.6. The van der Waals surface area contributed by atoms with E-state index in [-0.39, 0.29) is 29.5 Å². The van der Waals surface area contributed by atoms with Gasteiger partial charge in [-0.15, -0.1) is 13.2 Å². The average Bonchev–Trinajstić information content (AvgIpc) is 3.15. The summed E-state index contributed by atoms with van der Waals surface area (Å²) in [5, 5.41) is 8.16. The Bertz CT molecular complexity index is 1020. The fourth-order valence-electron chi connectivity index (χ4n) is 2.52. The summed E-state index contributed by atoms with van der Waals surface area (Å²) in [7, 11) is 1.39. The number of aromatic nitrogens is 1. The van der Waals surface area contributed by atoms with Gasteiger partial charge >= 0.3 is 12.3 Å². The van der Waals surface area contributed by atoms with Crippen LogP contribution in [0.3, 0.4) is 0 Å². The van der Waals surface area contributed by atoms with Gasteiger partial charge in [-0.1, -0.05) is 18.2 Å². The molecule has 2 aromatic carbocycles. The first-order chi connectivity index (χ1) is 14.1. The molecule has 0 saturated carbocycles. The zero-order chi connectivity index (χ0) is 22.3. The monoisotopic (exact) mass is 427 g/mol. The van der Waals surface area contributed by atoms with E-state index in [4.69, 9.17) is 9.84 Å². The predicted molar refractivity (Wildman–Crippen MR) is 99.2 cm³/mol. The Morgan fingerprint density at radius 1 is 1.10 bits per heavy atom. The number of aromatic carboxylic acids is 1. The molecule has 0 unspecified atom stereocenters. The van der Waals surface area contributed by atoms with E-state index in [0.717, 1.165) is 18.3 Å². The van der Waals surface area contributed by atoms with Gasteiger partial charge in [-0.05, 0) is 24.3 Å². The Hall–Kier alpha value is -3.40. The average molecular weight is 427 g/mol. The van der Waals surface area contributed by atoms with E-state index in [1.165, 1.54) is 7.11 Å². The predicted octanol–water partition coefficient (Wildman–Crippen LogP) is 4.81. The molecule has 0 aliphatic rings. The Morgan fingerprint density at radius 3 is 2.30 bits per heavy atom. The van der Waals surface area contributed by atoms with Crippen molar-refractivity contribution in [2.24, 2.45) is 0 Å². The van der Waals surface area contributed by atoms with Gasteiger partial charge in [-0.25, -0.2) is 9.18 Å². The topological polar surface area (TPSA) is 88.6 Å². The van der Waals surface area contributed by atoms with E-state index < -0.39 is 29.7 Å². The lowest BCUT2D eigenvalue weighted by molar-refractivity contribution is -0.274. The summed E-state index contributed by atoms with van der Waals surface area (Å²) >= 11 is 0. The number of aromatic amines is 1. The quantitative estimate of drug-likeness (QED) is 0.435. The number of ether oxygens (including phenoxy) is 2. The van der Waals surface area contributed by atoms with Crippen LogP contribution in [0.25, 0.3) is 10.9 Å². The van der Waals surface area contributed by atoms with Crippen molar-refractivity contribution < 1.29 is 41.7 Å². The molecule has 30 heavy (non-hydrogen) atoms. The number of hydrogen-bond donors (Lipinski definition) is 2. The van der Waals surface area contributed by atoms with Crippen LogP contribution in [0.5, 0.6) is 5.75 Å². The first-order valence-corrected chi connectivity index (χ1v) is 8.50. The molecule has 0 radical (unpaired) electrons. The zero-order valence-corrected chi connectivity index (χ0v) is 15.6. The number of halogens is 4. The summed E-state index contributed by atoms with van der Waals surface area (Å²) in [6, 6.07) is 9.97. The highest BCUT2D eigenvalue weighted by molar-refractivity contribution is 6.10. The Morgan fingerprint density at radius 2 is 1.77 bits per heavy atom. The molecule has 10 heteroatoms. The number of alkyl halides is 3. The number of hydrogen-bond acceptors (Lipinski definition) is 4. The Kier molecular flexibility index (Phi) is 7.54. The summed E-state index contributed by atoms with van der Waals surface area (Å²) in [5.41, 5.74) is 0.0517. The number of fused-ring (bicyclic) bond motifs is 1. The normalized spacial score (nSPS) is 11.0. The summed E-state index contributed by atoms with van der Waals surface area (Å²) in [6.45, 7) is 0.107. The highest BCUT2D eigenvalue weighted by Crippen LogP contribution is 2.34. The molecule has 0 aliphatic heterocycles. The van der Waals surface area contributed by atoms with Crippen molar-refractivity contribution in [3.05, 3.63) is 65.6 Å². The number of H-pyrrole nitrogens is 1. The molecule has 0 bridgehead atoms. The summed E-state index contributed by atoms with van der Waals surface area (Å²) < 4.78 is 59.4. The number of carboxylic acid groups (broad SMARTS) is 1. The molecule has 0 aliphatic carbocycles. The highest BCUT2D eigenvalue weighted by Gasteiger charge is 2.33. The number of methoxy groups -OCH3 is 1. The smallest absolute Gasteiger partial charge is 0.478 e. The summed E-state index contributed by atoms with van der Waals surface area (Å²) in [6.07, 6.45) is -3.81. The van der Waals surface area contributed by atoms with E-state index in [2.05, 4.69) is 9.72 Å². The molecule has 1 heterocycles. The van der Waals surface area contributed by atoms with Crippen molar-refractivity contribution in [3.8, 4) is 5.75 Å². The van der Waals surface area contributed by atoms with Crippen LogP contribution in [0, 0.1) is 5.82 Å². The van der Waals surface area contributed by atoms with Gasteiger partial charge in [0.25, 0.3) is 0 Å². The standard InChI is InChI=1S/C13H11F4NO3.C7H6O2/c1-20-5-4-9(19)7-6-18-12-8(14)2-3-10(11(7)12)21-13(15,16)17;8-7(9)6-4-2-1-3-5-6/h2-3,6,18H,4-5H2,1H3;1-5H,(H,8,9). The molecule has 1 aromatic heterocycles. The van der Waals surface area contributed by atoms with E-state index in [0.29, 0.717) is 5.56 Å². The zero-order valence-electron chi connectivity index (χ0n) is 15.6. The lowest BCUT2D eigenvalue weighted by Crippen LogP contribution is -2.17. The van der Waals surface area contributed by atoms with Crippen molar-refractivity contribution >= 4 is 22.7 Å². The minimum absolute atomic E-state index is 0.0363. The first-order valence-electron chi connectivity index (χ1n) is 8.50. The number of Topliss-reactive ketones (excluding diaryl/α,β-unsaturated/α-hetero) is 1. The SMILES string of the molecule is COCCC(=O)c1c[nH]c2c(F)ccc(OC(F)(F)F)c12.O=C(O)c1ccccc1. The number of rotatable bonds is 6. The summed E-state index contributed by atoms with van der Waals surface area (Å²) in [5.74, 6) is -2.75. The Balaban J connectivity index is 0.000000297. The van der Waals surface area contributed by atoms with E-state index in [1.807, 2.05) is 0 Å². The van der Waals surface area contributed by atoms with Gasteiger partial charge in [0, 0.05) is 25.3 Å². The maximum absolute atomic E-state index is 13.6. The second-order valence-corrected chi connectivity index (χ2v) is 5.88. The van der Waals surface area contributed by atoms with Crippen LogP contribution in [0.4, 0.5) is 17.6 Å². The van der Waals surface area contributed by atoms with Crippen LogP contribution < -0.4 is 4.74 Å². The van der Waals surface area contributed by atoms with Crippen molar-refractivity contribution in [1.29, 1.82) is 0 Å². The molecule has 160 valence electrons. The van der Waals surface area contributed by atoms with E-state index in [1.54, 1.807) is 30.3 Å². The lowest BCUT2D eigenvalue weighted by Gasteiger charge is -2.11. The van der Waals surface area contributed by atoms with Gasteiger partial charge in [0.2, 0.25) is 0 Å². The van der Waals surface area contributed by atoms with Gasteiger partial charge in [0.05, 0.1) is 23.1 Å². The Labute approximate surface area is 168 Å². The van der Waals surface area contributed by atoms with Crippen molar-refractivity contribution in [2.45, 2.75) is 12.8 Å². The molecule has 0 amide bonds. The molecular formula is C20H17F4NO5. The van der Waals surface area contributed by atoms with Crippen LogP contribution in [0.1, 0.15) is 27.1 Å². The van der Waals surface area contributed by atoms with Crippen LogP contribution in [0.15, 0.2) is 48.7 Å². The van der Waals surface area contributed by atoms with E-state index >= 15 is 0 Å². The van der Waals surface area contributed by atoms with Crippen LogP contribution in [-0.4, -0.2) is 41.9 Å². The molecular weight excluding hydrogens is 410 g/mol. The minimum Gasteiger partial charge on any atom is -0.478 e. The van der Waals surface area contributed by atoms with Gasteiger partial charge in [-0.3, -0.25) is 4.79 Å². The van der Waals surface area contributed by atoms with Gasteiger partial charge < -0.3 is 19.6 Å². The van der Waals surface area contributed by atoms with Gasteiger partial charge in [0.1, 0.15) is 11.6 Å². The molecule has 2 N–H and O–H groups in total. The second kappa shape index (κ2) is 9.88. The van der Waals surface area contributed by atoms with Gasteiger partial charge in [0.15, 0.2) is 5.78 Å². The summed E-state index contributed by atoms with van der Waals surface area (Å²) in [4.78, 5) is 24.6. The third-order valence-corrected chi connectivity index (χ3v) is 3.83. The largest absolute Gasteiger partial charge is 0.573 e. The molecule has 0 saturated heterocycles. The number of ketones is 1. The van der Waals surface area contributed by atoms with Crippen molar-refractivity contribution in [3.63, 3.8) is 0 Å². The van der Waals surface area contributed by atoms with Gasteiger partial charge in [-0.2, -0.15) is 0 Å². The van der Waals surface area contributed by atoms with Crippen molar-refractivity contribution in [2.75, 3.05) is 13.7 Å². The maximum Gasteiger partial charge on any atom is 0.573 e. The molecule has 6 nitrogen and oxygen atoms in total. The number of benzene rings is 2. The fraction of sp³-hybridized carbons (Fsp3) is 0.200. The third kappa shape index (κ3) is 6.05. The highest BCUT2D eigenvalue weighted by atomic mass is 19.4. The first kappa shape index (κ1) is 22.9. The van der Waals surface area contributed by atoms with Crippen LogP contribution in [-0.2, 0) is 4.74 Å². The second-order valence-electron chi connectivity index (χ2n) is 5.88. The fourth-order valence-corrected chi connectivity index (χ4v) is 2.52. The van der Waals surface area contributed by atoms with Crippen molar-refractivity contribution in [1.82, 2.24) is 4.98 Å². The molecule has 3 rings (SSSR count). The number of carbonyl (C=O) groups is 2. The third-order valence-electron chi connectivity index (χ3n) is 3.83. The van der Waals surface area contributed by atoms with Crippen LogP contribution in [0.2, 0.25) is 0 Å². The minimum atomic E-state index is -4.94. The molecule has 0 atom stereocenters. The molecule has 3 aromatic rings. The van der Waals surface area contributed by atoms with Crippen LogP contribution >= 0.6 is 0 Å². The number of nitrogens with one attached hydrogen (secondary N) is 1. The lowest BCUT2D eigenvalue weighted by atomic mass is 10.1. The van der Waals surface area contributed by atoms with E-state index in [9.17, 15) is 27.2 Å². The molecule has 0 spiro atoms. The molecule has 0 fully saturated rings. The number of carbonyl (C=O) groups excluding carboxylic acids is 1. The number of carboxylic acids is 1.